The number of benzene rings is 1. The molecule has 128 valence electrons. The summed E-state index contributed by atoms with van der Waals surface area (Å²) in [5, 5.41) is 2.83. The zero-order valence-electron chi connectivity index (χ0n) is 14.4. The second kappa shape index (κ2) is 9.88. The van der Waals surface area contributed by atoms with Gasteiger partial charge in [-0.05, 0) is 37.6 Å². The molecule has 0 heterocycles. The molecule has 0 saturated heterocycles. The average Bonchev–Trinajstić information content (AvgIpc) is 2.75. The number of allylic oxidation sites excluding steroid dienone is 5. The van der Waals surface area contributed by atoms with E-state index in [9.17, 15) is 9.59 Å². The minimum absolute atomic E-state index is 0.258. The number of carbonyl (C=O) groups excluding carboxylic acids is 2. The van der Waals surface area contributed by atoms with Gasteiger partial charge in [0.15, 0.2) is 0 Å². The Labute approximate surface area is 151 Å². The summed E-state index contributed by atoms with van der Waals surface area (Å²) in [7, 11) is 0. The van der Waals surface area contributed by atoms with Crippen LogP contribution in [0.1, 0.15) is 43.1 Å². The van der Waals surface area contributed by atoms with Crippen molar-refractivity contribution in [1.29, 1.82) is 0 Å². The van der Waals surface area contributed by atoms with Crippen LogP contribution in [0.2, 0.25) is 0 Å². The molecule has 1 N–H and O–H groups in total. The summed E-state index contributed by atoms with van der Waals surface area (Å²) in [4.78, 5) is 23.6. The van der Waals surface area contributed by atoms with Gasteiger partial charge in [0.05, 0.1) is 5.56 Å². The third kappa shape index (κ3) is 6.16. The third-order valence-electron chi connectivity index (χ3n) is 2.96. The van der Waals surface area contributed by atoms with Crippen molar-refractivity contribution >= 4 is 27.8 Å². The summed E-state index contributed by atoms with van der Waals surface area (Å²) in [5.74, 6) is -0.512. The summed E-state index contributed by atoms with van der Waals surface area (Å²) < 4.78 is 6.06. The van der Waals surface area contributed by atoms with Crippen LogP contribution in [-0.2, 0) is 4.79 Å². The maximum atomic E-state index is 12.5. The SMILES string of the molecule is CC.CC(=O)Oc1ccc(C)cc1C(=O)NC1=CCC=C(Br)C=C1. The number of rotatable bonds is 3. The molecule has 0 radical (unpaired) electrons. The van der Waals surface area contributed by atoms with Gasteiger partial charge in [0.1, 0.15) is 5.75 Å². The Kier molecular flexibility index (Phi) is 8.19. The van der Waals surface area contributed by atoms with Crippen LogP contribution >= 0.6 is 15.9 Å². The van der Waals surface area contributed by atoms with Crippen LogP contribution in [0.3, 0.4) is 0 Å². The number of ether oxygens (including phenoxy) is 1. The second-order valence-corrected chi connectivity index (χ2v) is 5.78. The fraction of sp³-hybridized carbons (Fsp3) is 0.263. The van der Waals surface area contributed by atoms with Crippen molar-refractivity contribution in [2.75, 3.05) is 0 Å². The largest absolute Gasteiger partial charge is 0.426 e. The number of aryl methyl sites for hydroxylation is 1. The summed E-state index contributed by atoms with van der Waals surface area (Å²) in [6, 6.07) is 5.12. The van der Waals surface area contributed by atoms with E-state index in [1.54, 1.807) is 18.2 Å². The van der Waals surface area contributed by atoms with E-state index in [1.807, 2.05) is 45.1 Å². The highest BCUT2D eigenvalue weighted by Crippen LogP contribution is 2.21. The van der Waals surface area contributed by atoms with Crippen LogP contribution in [0.5, 0.6) is 5.75 Å². The van der Waals surface area contributed by atoms with E-state index in [2.05, 4.69) is 21.2 Å². The second-order valence-electron chi connectivity index (χ2n) is 4.86. The quantitative estimate of drug-likeness (QED) is 0.594. The molecule has 0 spiro atoms. The van der Waals surface area contributed by atoms with Gasteiger partial charge in [0.2, 0.25) is 0 Å². The molecule has 0 aromatic heterocycles. The number of nitrogens with one attached hydrogen (secondary N) is 1. The lowest BCUT2D eigenvalue weighted by Crippen LogP contribution is -2.23. The zero-order valence-corrected chi connectivity index (χ0v) is 15.9. The first-order valence-electron chi connectivity index (χ1n) is 7.80. The Balaban J connectivity index is 0.00000139. The lowest BCUT2D eigenvalue weighted by Gasteiger charge is -2.11. The Bertz CT molecular complexity index is 703. The number of halogens is 1. The maximum absolute atomic E-state index is 12.5. The molecule has 24 heavy (non-hydrogen) atoms. The van der Waals surface area contributed by atoms with Crippen LogP contribution in [0.4, 0.5) is 0 Å². The van der Waals surface area contributed by atoms with Crippen molar-refractivity contribution in [1.82, 2.24) is 5.32 Å². The van der Waals surface area contributed by atoms with E-state index in [4.69, 9.17) is 4.74 Å². The maximum Gasteiger partial charge on any atom is 0.308 e. The predicted molar refractivity (Wildman–Crippen MR) is 100 cm³/mol. The van der Waals surface area contributed by atoms with E-state index in [-0.39, 0.29) is 11.7 Å². The number of amides is 1. The molecule has 2 rings (SSSR count). The standard InChI is InChI=1S/C17H16BrNO3.C2H6/c1-11-6-9-16(22-12(2)20)15(10-11)17(21)19-14-5-3-4-13(18)7-8-14;1-2/h4-10H,3H2,1-2H3,(H,19,21);1-2H3. The van der Waals surface area contributed by atoms with Crippen molar-refractivity contribution in [3.63, 3.8) is 0 Å². The van der Waals surface area contributed by atoms with Crippen molar-refractivity contribution in [3.8, 4) is 5.75 Å². The molecule has 1 aliphatic rings. The van der Waals surface area contributed by atoms with E-state index in [0.29, 0.717) is 17.7 Å². The molecule has 5 heteroatoms. The first-order chi connectivity index (χ1) is 11.5. The summed E-state index contributed by atoms with van der Waals surface area (Å²) in [6.07, 6.45) is 8.29. The van der Waals surface area contributed by atoms with Crippen LogP contribution in [0.15, 0.2) is 52.7 Å². The molecule has 0 aliphatic heterocycles. The van der Waals surface area contributed by atoms with Crippen molar-refractivity contribution < 1.29 is 14.3 Å². The molecule has 4 nitrogen and oxygen atoms in total. The van der Waals surface area contributed by atoms with Gasteiger partial charge in [-0.15, -0.1) is 0 Å². The molecule has 0 bridgehead atoms. The zero-order chi connectivity index (χ0) is 18.1. The van der Waals surface area contributed by atoms with E-state index in [0.717, 1.165) is 10.0 Å². The molecule has 1 amide bonds. The third-order valence-corrected chi connectivity index (χ3v) is 3.55. The fourth-order valence-electron chi connectivity index (χ4n) is 1.96. The van der Waals surface area contributed by atoms with Crippen LogP contribution < -0.4 is 10.1 Å². The van der Waals surface area contributed by atoms with Crippen molar-refractivity contribution in [2.24, 2.45) is 0 Å². The molecule has 1 aliphatic carbocycles. The van der Waals surface area contributed by atoms with Crippen LogP contribution in [-0.4, -0.2) is 11.9 Å². The number of esters is 1. The monoisotopic (exact) mass is 391 g/mol. The van der Waals surface area contributed by atoms with Gasteiger partial charge in [-0.2, -0.15) is 0 Å². The number of hydrogen-bond donors (Lipinski definition) is 1. The summed E-state index contributed by atoms with van der Waals surface area (Å²) >= 11 is 3.40. The van der Waals surface area contributed by atoms with Gasteiger partial charge in [0, 0.05) is 17.1 Å². The molecule has 0 unspecified atom stereocenters. The Morgan fingerprint density at radius 2 is 1.88 bits per heavy atom. The highest BCUT2D eigenvalue weighted by Gasteiger charge is 2.15. The van der Waals surface area contributed by atoms with Crippen molar-refractivity contribution in [2.45, 2.75) is 34.1 Å². The molecule has 1 aromatic carbocycles. The average molecular weight is 392 g/mol. The van der Waals surface area contributed by atoms with Gasteiger partial charge in [-0.3, -0.25) is 9.59 Å². The smallest absolute Gasteiger partial charge is 0.308 e. The van der Waals surface area contributed by atoms with Crippen LogP contribution in [0.25, 0.3) is 0 Å². The number of carbonyl (C=O) groups is 2. The van der Waals surface area contributed by atoms with Gasteiger partial charge >= 0.3 is 5.97 Å². The molecule has 1 aromatic rings. The topological polar surface area (TPSA) is 55.4 Å². The number of hydrogen-bond acceptors (Lipinski definition) is 3. The predicted octanol–water partition coefficient (Wildman–Crippen LogP) is 4.80. The van der Waals surface area contributed by atoms with Gasteiger partial charge in [0.25, 0.3) is 5.91 Å². The minimum Gasteiger partial charge on any atom is -0.426 e. The Hall–Kier alpha value is -2.14. The first-order valence-corrected chi connectivity index (χ1v) is 8.59. The Morgan fingerprint density at radius 1 is 1.17 bits per heavy atom. The molecule has 0 atom stereocenters. The Morgan fingerprint density at radius 3 is 2.54 bits per heavy atom. The highest BCUT2D eigenvalue weighted by atomic mass is 79.9. The van der Waals surface area contributed by atoms with Gasteiger partial charge in [-0.25, -0.2) is 0 Å². The van der Waals surface area contributed by atoms with Gasteiger partial charge < -0.3 is 10.1 Å². The molecule has 0 fully saturated rings. The molecular formula is C19H22BrNO3. The van der Waals surface area contributed by atoms with E-state index in [1.165, 1.54) is 6.92 Å². The lowest BCUT2D eigenvalue weighted by atomic mass is 10.1. The lowest BCUT2D eigenvalue weighted by molar-refractivity contribution is -0.131. The fourth-order valence-corrected chi connectivity index (χ4v) is 2.28. The first kappa shape index (κ1) is 19.9. The van der Waals surface area contributed by atoms with Crippen LogP contribution in [0, 0.1) is 6.92 Å². The minimum atomic E-state index is -0.459. The summed E-state index contributed by atoms with van der Waals surface area (Å²) in [5.41, 5.74) is 1.95. The highest BCUT2D eigenvalue weighted by molar-refractivity contribution is 9.11. The van der Waals surface area contributed by atoms with Gasteiger partial charge in [-0.1, -0.05) is 53.6 Å². The molecule has 0 saturated carbocycles. The van der Waals surface area contributed by atoms with Crippen molar-refractivity contribution in [3.05, 3.63) is 63.8 Å². The normalized spacial score (nSPS) is 12.9. The summed E-state index contributed by atoms with van der Waals surface area (Å²) in [6.45, 7) is 7.18. The van der Waals surface area contributed by atoms with E-state index < -0.39 is 5.97 Å². The van der Waals surface area contributed by atoms with E-state index >= 15 is 0 Å². The molecular weight excluding hydrogens is 370 g/mol.